The van der Waals surface area contributed by atoms with E-state index in [1.54, 1.807) is 7.11 Å². The van der Waals surface area contributed by atoms with Gasteiger partial charge in [0, 0.05) is 17.5 Å². The minimum absolute atomic E-state index is 0.0366. The molecular weight excluding hydrogens is 414 g/mol. The number of hydrogen-bond donors (Lipinski definition) is 3. The topological polar surface area (TPSA) is 79.5 Å². The quantitative estimate of drug-likeness (QED) is 0.623. The molecule has 1 aliphatic carbocycles. The second kappa shape index (κ2) is 9.56. The molecule has 0 bridgehead atoms. The number of amides is 2. The fourth-order valence-electron chi connectivity index (χ4n) is 5.09. The van der Waals surface area contributed by atoms with E-state index in [0.717, 1.165) is 36.8 Å². The molecule has 2 aromatic carbocycles. The SMILES string of the molecule is COc1ccc(C(C)(C)C)cc1NC(=O)c1cccc(CC2NNC(=O)C3CCCCC23)c1. The predicted molar refractivity (Wildman–Crippen MR) is 130 cm³/mol. The molecule has 0 radical (unpaired) electrons. The maximum Gasteiger partial charge on any atom is 0.255 e. The zero-order chi connectivity index (χ0) is 23.6. The first kappa shape index (κ1) is 23.3. The highest BCUT2D eigenvalue weighted by atomic mass is 16.5. The Kier molecular flexibility index (Phi) is 6.75. The van der Waals surface area contributed by atoms with Crippen LogP contribution in [0, 0.1) is 11.8 Å². The van der Waals surface area contributed by atoms with Crippen molar-refractivity contribution >= 4 is 17.5 Å². The van der Waals surface area contributed by atoms with Gasteiger partial charge in [0.15, 0.2) is 0 Å². The van der Waals surface area contributed by atoms with E-state index in [4.69, 9.17) is 4.74 Å². The summed E-state index contributed by atoms with van der Waals surface area (Å²) in [5, 5.41) is 3.04. The van der Waals surface area contributed by atoms with Crippen molar-refractivity contribution in [1.82, 2.24) is 10.9 Å². The minimum atomic E-state index is -0.165. The summed E-state index contributed by atoms with van der Waals surface area (Å²) in [6, 6.07) is 13.8. The van der Waals surface area contributed by atoms with Gasteiger partial charge in [0.2, 0.25) is 5.91 Å². The van der Waals surface area contributed by atoms with E-state index in [0.29, 0.717) is 22.9 Å². The van der Waals surface area contributed by atoms with Crippen LogP contribution < -0.4 is 20.9 Å². The molecule has 2 amide bonds. The Labute approximate surface area is 196 Å². The highest BCUT2D eigenvalue weighted by Crippen LogP contribution is 2.35. The molecule has 3 atom stereocenters. The first-order valence-corrected chi connectivity index (χ1v) is 11.9. The molecule has 6 heteroatoms. The molecule has 0 aromatic heterocycles. The first-order valence-electron chi connectivity index (χ1n) is 11.9. The van der Waals surface area contributed by atoms with Crippen molar-refractivity contribution in [3.05, 3.63) is 59.2 Å². The smallest absolute Gasteiger partial charge is 0.255 e. The summed E-state index contributed by atoms with van der Waals surface area (Å²) in [5.41, 5.74) is 9.54. The third-order valence-electron chi connectivity index (χ3n) is 7.01. The highest BCUT2D eigenvalue weighted by Gasteiger charge is 2.39. The number of carbonyl (C=O) groups is 2. The molecule has 176 valence electrons. The number of benzene rings is 2. The Bertz CT molecular complexity index is 1030. The van der Waals surface area contributed by atoms with Crippen molar-refractivity contribution in [3.8, 4) is 5.75 Å². The molecule has 3 N–H and O–H groups in total. The summed E-state index contributed by atoms with van der Waals surface area (Å²) >= 11 is 0. The zero-order valence-electron chi connectivity index (χ0n) is 20.0. The normalized spacial score (nSPS) is 22.8. The van der Waals surface area contributed by atoms with Crippen LogP contribution in [0.5, 0.6) is 5.75 Å². The summed E-state index contributed by atoms with van der Waals surface area (Å²) in [5.74, 6) is 1.03. The zero-order valence-corrected chi connectivity index (χ0v) is 20.0. The monoisotopic (exact) mass is 449 g/mol. The molecule has 1 heterocycles. The number of methoxy groups -OCH3 is 1. The van der Waals surface area contributed by atoms with Gasteiger partial charge in [0.1, 0.15) is 5.75 Å². The third kappa shape index (κ3) is 5.22. The van der Waals surface area contributed by atoms with E-state index < -0.39 is 0 Å². The number of nitrogens with one attached hydrogen (secondary N) is 3. The van der Waals surface area contributed by atoms with Crippen molar-refractivity contribution in [3.63, 3.8) is 0 Å². The molecule has 2 aliphatic rings. The van der Waals surface area contributed by atoms with Crippen molar-refractivity contribution in [2.24, 2.45) is 11.8 Å². The van der Waals surface area contributed by atoms with Gasteiger partial charge < -0.3 is 10.1 Å². The van der Waals surface area contributed by atoms with Crippen LogP contribution in [0.15, 0.2) is 42.5 Å². The van der Waals surface area contributed by atoms with Crippen LogP contribution in [-0.4, -0.2) is 25.0 Å². The first-order chi connectivity index (χ1) is 15.8. The molecule has 2 fully saturated rings. The fraction of sp³-hybridized carbons (Fsp3) is 0.481. The average molecular weight is 450 g/mol. The number of carbonyl (C=O) groups excluding carboxylic acids is 2. The molecular formula is C27H35N3O3. The predicted octanol–water partition coefficient (Wildman–Crippen LogP) is 4.60. The van der Waals surface area contributed by atoms with Gasteiger partial charge in [-0.05, 0) is 66.0 Å². The standard InChI is InChI=1S/C27H35N3O3/c1-27(2,3)19-12-13-24(33-4)23(16-19)28-25(31)18-9-7-8-17(14-18)15-22-20-10-5-6-11-21(20)26(32)30-29-22/h7-9,12-14,16,20-22,29H,5-6,10-11,15H2,1-4H3,(H,28,31)(H,30,32). The van der Waals surface area contributed by atoms with Crippen molar-refractivity contribution in [1.29, 1.82) is 0 Å². The molecule has 6 nitrogen and oxygen atoms in total. The van der Waals surface area contributed by atoms with Crippen molar-refractivity contribution in [2.45, 2.75) is 64.3 Å². The minimum Gasteiger partial charge on any atom is -0.495 e. The van der Waals surface area contributed by atoms with Crippen LogP contribution in [0.25, 0.3) is 0 Å². The molecule has 3 unspecified atom stereocenters. The number of hydrazine groups is 1. The van der Waals surface area contributed by atoms with Gasteiger partial charge in [-0.25, -0.2) is 5.43 Å². The molecule has 4 rings (SSSR count). The van der Waals surface area contributed by atoms with E-state index in [-0.39, 0.29) is 29.2 Å². The van der Waals surface area contributed by atoms with Crippen LogP contribution in [0.2, 0.25) is 0 Å². The molecule has 33 heavy (non-hydrogen) atoms. The van der Waals surface area contributed by atoms with E-state index in [9.17, 15) is 9.59 Å². The average Bonchev–Trinajstić information content (AvgIpc) is 2.80. The van der Waals surface area contributed by atoms with Gasteiger partial charge in [-0.2, -0.15) is 0 Å². The summed E-state index contributed by atoms with van der Waals surface area (Å²) < 4.78 is 5.48. The molecule has 1 saturated carbocycles. The van der Waals surface area contributed by atoms with Crippen LogP contribution in [-0.2, 0) is 16.6 Å². The number of anilines is 1. The Morgan fingerprint density at radius 1 is 1.12 bits per heavy atom. The summed E-state index contributed by atoms with van der Waals surface area (Å²) in [6.07, 6.45) is 5.10. The van der Waals surface area contributed by atoms with Crippen molar-refractivity contribution < 1.29 is 14.3 Å². The van der Waals surface area contributed by atoms with E-state index >= 15 is 0 Å². The van der Waals surface area contributed by atoms with Crippen LogP contribution in [0.3, 0.4) is 0 Å². The van der Waals surface area contributed by atoms with E-state index in [2.05, 4.69) is 36.9 Å². The van der Waals surface area contributed by atoms with Gasteiger partial charge in [-0.3, -0.25) is 15.0 Å². The Hall–Kier alpha value is -2.86. The second-order valence-electron chi connectivity index (χ2n) is 10.3. The lowest BCUT2D eigenvalue weighted by Crippen LogP contribution is -2.60. The number of ether oxygens (including phenoxy) is 1. The van der Waals surface area contributed by atoms with Gasteiger partial charge in [0.25, 0.3) is 5.91 Å². The molecule has 2 aromatic rings. The maximum atomic E-state index is 13.1. The summed E-state index contributed by atoms with van der Waals surface area (Å²) in [6.45, 7) is 6.42. The van der Waals surface area contributed by atoms with Gasteiger partial charge in [0.05, 0.1) is 12.8 Å². The van der Waals surface area contributed by atoms with Crippen molar-refractivity contribution in [2.75, 3.05) is 12.4 Å². The number of hydrogen-bond acceptors (Lipinski definition) is 4. The third-order valence-corrected chi connectivity index (χ3v) is 7.01. The molecule has 1 saturated heterocycles. The lowest BCUT2D eigenvalue weighted by atomic mass is 9.72. The van der Waals surface area contributed by atoms with Crippen LogP contribution >= 0.6 is 0 Å². The maximum absolute atomic E-state index is 13.1. The van der Waals surface area contributed by atoms with Gasteiger partial charge in [-0.1, -0.05) is 51.8 Å². The number of rotatable bonds is 5. The Morgan fingerprint density at radius 3 is 2.67 bits per heavy atom. The number of fused-ring (bicyclic) bond motifs is 1. The Balaban J connectivity index is 1.50. The fourth-order valence-corrected chi connectivity index (χ4v) is 5.09. The van der Waals surface area contributed by atoms with Crippen LogP contribution in [0.1, 0.15) is 67.9 Å². The summed E-state index contributed by atoms with van der Waals surface area (Å²) in [4.78, 5) is 25.4. The highest BCUT2D eigenvalue weighted by molar-refractivity contribution is 6.05. The van der Waals surface area contributed by atoms with Gasteiger partial charge in [-0.15, -0.1) is 0 Å². The summed E-state index contributed by atoms with van der Waals surface area (Å²) in [7, 11) is 1.61. The second-order valence-corrected chi connectivity index (χ2v) is 10.3. The van der Waals surface area contributed by atoms with E-state index in [1.807, 2.05) is 42.5 Å². The lowest BCUT2D eigenvalue weighted by molar-refractivity contribution is -0.133. The molecule has 1 aliphatic heterocycles. The largest absolute Gasteiger partial charge is 0.495 e. The van der Waals surface area contributed by atoms with Crippen LogP contribution in [0.4, 0.5) is 5.69 Å². The van der Waals surface area contributed by atoms with Gasteiger partial charge >= 0.3 is 0 Å². The lowest BCUT2D eigenvalue weighted by Gasteiger charge is -2.41. The van der Waals surface area contributed by atoms with E-state index in [1.165, 1.54) is 6.42 Å². The molecule has 0 spiro atoms. The Morgan fingerprint density at radius 2 is 1.91 bits per heavy atom.